The van der Waals surface area contributed by atoms with Crippen LogP contribution in [0, 0.1) is 0 Å². The molecule has 1 aliphatic heterocycles. The highest BCUT2D eigenvalue weighted by molar-refractivity contribution is 5.99. The van der Waals surface area contributed by atoms with E-state index in [1.807, 2.05) is 23.1 Å². The molecule has 0 bridgehead atoms. The molecule has 0 saturated carbocycles. The summed E-state index contributed by atoms with van der Waals surface area (Å²) in [4.78, 5) is 26.3. The molecular formula is C21H25N3O3. The van der Waals surface area contributed by atoms with Crippen molar-refractivity contribution in [2.24, 2.45) is 0 Å². The smallest absolute Gasteiger partial charge is 0.246 e. The van der Waals surface area contributed by atoms with Crippen LogP contribution in [-0.2, 0) is 16.0 Å². The van der Waals surface area contributed by atoms with Crippen LogP contribution in [0.25, 0.3) is 0 Å². The fourth-order valence-electron chi connectivity index (χ4n) is 3.42. The zero-order valence-corrected chi connectivity index (χ0v) is 15.9. The van der Waals surface area contributed by atoms with Crippen molar-refractivity contribution in [2.45, 2.75) is 32.7 Å². The number of nitrogens with zero attached hydrogens (tertiary/aromatic N) is 1. The molecule has 1 atom stereocenters. The van der Waals surface area contributed by atoms with Crippen molar-refractivity contribution < 1.29 is 14.3 Å². The SMILES string of the molecule is COc1ccc(NC(C)=O)c(NCC(=O)N2c3ccccc3CCC2C)c1. The molecule has 6 heteroatoms. The molecule has 2 N–H and O–H groups in total. The number of fused-ring (bicyclic) bond motifs is 1. The molecule has 0 radical (unpaired) electrons. The standard InChI is InChI=1S/C21H25N3O3/c1-14-8-9-16-6-4-5-7-20(16)24(14)21(26)13-22-19-12-17(27-3)10-11-18(19)23-15(2)25/h4-7,10-12,14,22H,8-9,13H2,1-3H3,(H,23,25). The minimum Gasteiger partial charge on any atom is -0.497 e. The van der Waals surface area contributed by atoms with Crippen LogP contribution in [0.5, 0.6) is 5.75 Å². The number of amides is 2. The monoisotopic (exact) mass is 367 g/mol. The Morgan fingerprint density at radius 3 is 2.70 bits per heavy atom. The van der Waals surface area contributed by atoms with Crippen LogP contribution in [0.15, 0.2) is 42.5 Å². The van der Waals surface area contributed by atoms with E-state index in [0.29, 0.717) is 17.1 Å². The van der Waals surface area contributed by atoms with Gasteiger partial charge < -0.3 is 20.3 Å². The van der Waals surface area contributed by atoms with Crippen LogP contribution >= 0.6 is 0 Å². The van der Waals surface area contributed by atoms with E-state index < -0.39 is 0 Å². The van der Waals surface area contributed by atoms with Gasteiger partial charge in [0.05, 0.1) is 25.0 Å². The third-order valence-corrected chi connectivity index (χ3v) is 4.76. The first kappa shape index (κ1) is 18.8. The Morgan fingerprint density at radius 2 is 1.96 bits per heavy atom. The molecule has 0 aromatic heterocycles. The normalized spacial score (nSPS) is 15.7. The number of aryl methyl sites for hydroxylation is 1. The van der Waals surface area contributed by atoms with Crippen LogP contribution in [0.2, 0.25) is 0 Å². The second-order valence-corrected chi connectivity index (χ2v) is 6.73. The average Bonchev–Trinajstić information content (AvgIpc) is 2.66. The number of methoxy groups -OCH3 is 1. The van der Waals surface area contributed by atoms with E-state index in [9.17, 15) is 9.59 Å². The molecule has 27 heavy (non-hydrogen) atoms. The third-order valence-electron chi connectivity index (χ3n) is 4.76. The Balaban J connectivity index is 1.79. The van der Waals surface area contributed by atoms with Crippen LogP contribution in [-0.4, -0.2) is 31.5 Å². The Hall–Kier alpha value is -3.02. The number of nitrogens with one attached hydrogen (secondary N) is 2. The Labute approximate surface area is 159 Å². The Kier molecular flexibility index (Phi) is 5.64. The van der Waals surface area contributed by atoms with Crippen molar-refractivity contribution in [1.29, 1.82) is 0 Å². The van der Waals surface area contributed by atoms with E-state index in [2.05, 4.69) is 23.6 Å². The van der Waals surface area contributed by atoms with Gasteiger partial charge in [-0.2, -0.15) is 0 Å². The van der Waals surface area contributed by atoms with Gasteiger partial charge in [0.1, 0.15) is 5.75 Å². The molecule has 2 aromatic rings. The lowest BCUT2D eigenvalue weighted by atomic mass is 9.96. The van der Waals surface area contributed by atoms with Crippen molar-refractivity contribution in [3.05, 3.63) is 48.0 Å². The number of hydrogen-bond donors (Lipinski definition) is 2. The number of carbonyl (C=O) groups excluding carboxylic acids is 2. The van der Waals surface area contributed by atoms with Gasteiger partial charge in [-0.05, 0) is 43.5 Å². The average molecular weight is 367 g/mol. The highest BCUT2D eigenvalue weighted by atomic mass is 16.5. The van der Waals surface area contributed by atoms with Gasteiger partial charge >= 0.3 is 0 Å². The molecular weight excluding hydrogens is 342 g/mol. The summed E-state index contributed by atoms with van der Waals surface area (Å²) in [6.45, 7) is 3.64. The highest BCUT2D eigenvalue weighted by Gasteiger charge is 2.27. The van der Waals surface area contributed by atoms with Gasteiger partial charge in [-0.15, -0.1) is 0 Å². The molecule has 0 fully saturated rings. The van der Waals surface area contributed by atoms with Gasteiger partial charge in [0, 0.05) is 24.7 Å². The maximum atomic E-state index is 13.0. The number of hydrogen-bond acceptors (Lipinski definition) is 4. The van der Waals surface area contributed by atoms with Gasteiger partial charge in [-0.1, -0.05) is 18.2 Å². The maximum absolute atomic E-state index is 13.0. The first-order valence-corrected chi connectivity index (χ1v) is 9.09. The van der Waals surface area contributed by atoms with Crippen LogP contribution < -0.4 is 20.3 Å². The summed E-state index contributed by atoms with van der Waals surface area (Å²) in [5.41, 5.74) is 3.44. The van der Waals surface area contributed by atoms with E-state index in [1.165, 1.54) is 12.5 Å². The van der Waals surface area contributed by atoms with E-state index >= 15 is 0 Å². The van der Waals surface area contributed by atoms with Crippen LogP contribution in [0.4, 0.5) is 17.1 Å². The highest BCUT2D eigenvalue weighted by Crippen LogP contribution is 2.31. The number of rotatable bonds is 5. The third kappa shape index (κ3) is 4.22. The molecule has 142 valence electrons. The lowest BCUT2D eigenvalue weighted by Crippen LogP contribution is -2.44. The van der Waals surface area contributed by atoms with Crippen molar-refractivity contribution in [3.63, 3.8) is 0 Å². The Bertz CT molecular complexity index is 850. The lowest BCUT2D eigenvalue weighted by molar-refractivity contribution is -0.117. The van der Waals surface area contributed by atoms with Crippen molar-refractivity contribution in [2.75, 3.05) is 29.2 Å². The fraction of sp³-hybridized carbons (Fsp3) is 0.333. The van der Waals surface area contributed by atoms with Gasteiger partial charge in [0.25, 0.3) is 0 Å². The molecule has 1 aliphatic rings. The number of carbonyl (C=O) groups is 2. The second-order valence-electron chi connectivity index (χ2n) is 6.73. The number of para-hydroxylation sites is 1. The molecule has 2 amide bonds. The van der Waals surface area contributed by atoms with E-state index in [4.69, 9.17) is 4.74 Å². The molecule has 1 unspecified atom stereocenters. The van der Waals surface area contributed by atoms with Crippen molar-refractivity contribution >= 4 is 28.9 Å². The zero-order chi connectivity index (χ0) is 19.4. The quantitative estimate of drug-likeness (QED) is 0.849. The second kappa shape index (κ2) is 8.12. The molecule has 0 saturated heterocycles. The van der Waals surface area contributed by atoms with Gasteiger partial charge in [0.15, 0.2) is 0 Å². The predicted octanol–water partition coefficient (Wildman–Crippen LogP) is 3.43. The summed E-state index contributed by atoms with van der Waals surface area (Å²) in [7, 11) is 1.58. The summed E-state index contributed by atoms with van der Waals surface area (Å²) in [6, 6.07) is 13.5. The van der Waals surface area contributed by atoms with Gasteiger partial charge in [-0.25, -0.2) is 0 Å². The van der Waals surface area contributed by atoms with E-state index in [-0.39, 0.29) is 24.4 Å². The van der Waals surface area contributed by atoms with E-state index in [1.54, 1.807) is 25.3 Å². The molecule has 2 aromatic carbocycles. The van der Waals surface area contributed by atoms with Gasteiger partial charge in [0.2, 0.25) is 11.8 Å². The molecule has 0 spiro atoms. The summed E-state index contributed by atoms with van der Waals surface area (Å²) in [5.74, 6) is 0.468. The zero-order valence-electron chi connectivity index (χ0n) is 15.9. The minimum absolute atomic E-state index is 0.00811. The first-order valence-electron chi connectivity index (χ1n) is 9.09. The maximum Gasteiger partial charge on any atom is 0.246 e. The number of ether oxygens (including phenoxy) is 1. The first-order chi connectivity index (χ1) is 13.0. The van der Waals surface area contributed by atoms with Crippen molar-refractivity contribution in [3.8, 4) is 5.75 Å². The molecule has 6 nitrogen and oxygen atoms in total. The summed E-state index contributed by atoms with van der Waals surface area (Å²) in [5, 5.41) is 5.93. The van der Waals surface area contributed by atoms with Crippen LogP contribution in [0.3, 0.4) is 0 Å². The van der Waals surface area contributed by atoms with Crippen LogP contribution in [0.1, 0.15) is 25.8 Å². The number of benzene rings is 2. The summed E-state index contributed by atoms with van der Waals surface area (Å²) >= 11 is 0. The number of anilines is 3. The summed E-state index contributed by atoms with van der Waals surface area (Å²) in [6.07, 6.45) is 1.93. The van der Waals surface area contributed by atoms with Crippen molar-refractivity contribution in [1.82, 2.24) is 0 Å². The Morgan fingerprint density at radius 1 is 1.19 bits per heavy atom. The molecule has 3 rings (SSSR count). The minimum atomic E-state index is -0.173. The fourth-order valence-corrected chi connectivity index (χ4v) is 3.42. The largest absolute Gasteiger partial charge is 0.497 e. The summed E-state index contributed by atoms with van der Waals surface area (Å²) < 4.78 is 5.25. The predicted molar refractivity (Wildman–Crippen MR) is 107 cm³/mol. The molecule has 0 aliphatic carbocycles. The van der Waals surface area contributed by atoms with Gasteiger partial charge in [-0.3, -0.25) is 9.59 Å². The topological polar surface area (TPSA) is 70.7 Å². The molecule has 1 heterocycles. The van der Waals surface area contributed by atoms with E-state index in [0.717, 1.165) is 18.5 Å². The lowest BCUT2D eigenvalue weighted by Gasteiger charge is -2.35.